The highest BCUT2D eigenvalue weighted by Gasteiger charge is 2.23. The van der Waals surface area contributed by atoms with Crippen LogP contribution in [0, 0.1) is 5.92 Å². The van der Waals surface area contributed by atoms with Gasteiger partial charge in [-0.25, -0.2) is 19.7 Å². The van der Waals surface area contributed by atoms with Crippen LogP contribution in [0.25, 0.3) is 10.3 Å². The molecule has 0 fully saturated rings. The molecule has 8 heteroatoms. The molecule has 102 valence electrons. The highest BCUT2D eigenvalue weighted by atomic mass is 32.2. The number of carboxylic acids is 1. The molecule has 0 saturated carbocycles. The molecule has 2 heterocycles. The maximum atomic E-state index is 11.2. The fraction of sp³-hybridized carbons (Fsp3) is 0.455. The normalized spacial score (nSPS) is 12.8. The van der Waals surface area contributed by atoms with E-state index in [1.807, 2.05) is 20.1 Å². The first-order valence-corrected chi connectivity index (χ1v) is 7.72. The number of hydrogen-bond acceptors (Lipinski definition) is 7. The van der Waals surface area contributed by atoms with Crippen molar-refractivity contribution in [2.45, 2.75) is 24.2 Å². The van der Waals surface area contributed by atoms with E-state index in [4.69, 9.17) is 0 Å². The quantitative estimate of drug-likeness (QED) is 0.819. The zero-order valence-corrected chi connectivity index (χ0v) is 12.4. The molecular weight excluding hydrogens is 284 g/mol. The Balaban J connectivity index is 2.39. The molecule has 2 aromatic heterocycles. The van der Waals surface area contributed by atoms with E-state index in [2.05, 4.69) is 20.3 Å². The van der Waals surface area contributed by atoms with Gasteiger partial charge in [0, 0.05) is 0 Å². The first-order valence-electron chi connectivity index (χ1n) is 5.67. The second kappa shape index (κ2) is 5.70. The second-order valence-corrected chi connectivity index (χ2v) is 6.32. The zero-order valence-electron chi connectivity index (χ0n) is 10.7. The first kappa shape index (κ1) is 14.0. The Morgan fingerprint density at radius 1 is 1.47 bits per heavy atom. The van der Waals surface area contributed by atoms with Crippen molar-refractivity contribution in [3.05, 3.63) is 6.33 Å². The number of fused-ring (bicyclic) bond motifs is 1. The van der Waals surface area contributed by atoms with E-state index < -0.39 is 12.0 Å². The van der Waals surface area contributed by atoms with Gasteiger partial charge in [-0.05, 0) is 12.2 Å². The van der Waals surface area contributed by atoms with Crippen LogP contribution >= 0.6 is 23.1 Å². The molecule has 0 unspecified atom stereocenters. The number of rotatable bonds is 5. The van der Waals surface area contributed by atoms with Crippen LogP contribution in [0.15, 0.2) is 10.7 Å². The molecule has 2 aromatic rings. The van der Waals surface area contributed by atoms with Gasteiger partial charge in [-0.1, -0.05) is 25.6 Å². The summed E-state index contributed by atoms with van der Waals surface area (Å²) in [6, 6.07) is -0.682. The van der Waals surface area contributed by atoms with Gasteiger partial charge in [-0.3, -0.25) is 0 Å². The lowest BCUT2D eigenvalue weighted by Crippen LogP contribution is -2.34. The lowest BCUT2D eigenvalue weighted by atomic mass is 10.1. The monoisotopic (exact) mass is 298 g/mol. The van der Waals surface area contributed by atoms with E-state index in [0.717, 1.165) is 9.04 Å². The van der Waals surface area contributed by atoms with Crippen molar-refractivity contribution >= 4 is 45.2 Å². The SMILES string of the molecule is CSc1nc2ncnc(N[C@H](C(=O)O)C(C)C)c2s1. The molecule has 0 aliphatic carbocycles. The predicted molar refractivity (Wildman–Crippen MR) is 76.9 cm³/mol. The topological polar surface area (TPSA) is 88.0 Å². The number of carbonyl (C=O) groups is 1. The smallest absolute Gasteiger partial charge is 0.326 e. The van der Waals surface area contributed by atoms with Crippen molar-refractivity contribution in [2.24, 2.45) is 5.92 Å². The molecular formula is C11H14N4O2S2. The maximum absolute atomic E-state index is 11.2. The minimum atomic E-state index is -0.892. The van der Waals surface area contributed by atoms with Crippen LogP contribution in [0.5, 0.6) is 0 Å². The summed E-state index contributed by atoms with van der Waals surface area (Å²) in [6.07, 6.45) is 3.33. The van der Waals surface area contributed by atoms with Gasteiger partial charge in [0.1, 0.15) is 22.9 Å². The van der Waals surface area contributed by atoms with Crippen LogP contribution in [-0.4, -0.2) is 38.3 Å². The standard InChI is InChI=1S/C11H14N4O2S2/c1-5(2)6(10(16)17)14-8-7-9(13-4-12-8)15-11(18-3)19-7/h4-6H,1-3H3,(H,16,17)(H,12,13,14)/t6-/m0/s1. The zero-order chi connectivity index (χ0) is 14.0. The van der Waals surface area contributed by atoms with Gasteiger partial charge < -0.3 is 10.4 Å². The summed E-state index contributed by atoms with van der Waals surface area (Å²) in [5.41, 5.74) is 0.597. The maximum Gasteiger partial charge on any atom is 0.326 e. The fourth-order valence-electron chi connectivity index (χ4n) is 1.59. The largest absolute Gasteiger partial charge is 0.480 e. The van der Waals surface area contributed by atoms with Crippen LogP contribution in [0.1, 0.15) is 13.8 Å². The van der Waals surface area contributed by atoms with Crippen molar-refractivity contribution in [1.29, 1.82) is 0 Å². The number of nitrogens with one attached hydrogen (secondary N) is 1. The van der Waals surface area contributed by atoms with Crippen molar-refractivity contribution in [2.75, 3.05) is 11.6 Å². The number of aromatic nitrogens is 3. The number of thiazole rings is 1. The lowest BCUT2D eigenvalue weighted by Gasteiger charge is -2.18. The van der Waals surface area contributed by atoms with E-state index in [1.165, 1.54) is 29.4 Å². The molecule has 2 N–H and O–H groups in total. The molecule has 0 amide bonds. The molecule has 2 rings (SSSR count). The molecule has 1 atom stereocenters. The number of hydrogen-bond donors (Lipinski definition) is 2. The second-order valence-electron chi connectivity index (χ2n) is 4.26. The Labute approximate surface area is 118 Å². The van der Waals surface area contributed by atoms with Gasteiger partial charge in [0.05, 0.1) is 0 Å². The van der Waals surface area contributed by atoms with Crippen LogP contribution in [0.4, 0.5) is 5.82 Å². The molecule has 0 bridgehead atoms. The number of thioether (sulfide) groups is 1. The summed E-state index contributed by atoms with van der Waals surface area (Å²) in [7, 11) is 0. The molecule has 19 heavy (non-hydrogen) atoms. The van der Waals surface area contributed by atoms with E-state index in [9.17, 15) is 9.90 Å². The van der Waals surface area contributed by atoms with Crippen LogP contribution in [0.2, 0.25) is 0 Å². The fourth-order valence-corrected chi connectivity index (χ4v) is 3.05. The van der Waals surface area contributed by atoms with Crippen LogP contribution in [-0.2, 0) is 4.79 Å². The summed E-state index contributed by atoms with van der Waals surface area (Å²) >= 11 is 2.99. The van der Waals surface area contributed by atoms with Crippen molar-refractivity contribution < 1.29 is 9.90 Å². The Bertz CT molecular complexity index is 599. The third kappa shape index (κ3) is 2.95. The third-order valence-electron chi connectivity index (χ3n) is 2.57. The molecule has 0 spiro atoms. The average molecular weight is 298 g/mol. The Morgan fingerprint density at radius 2 is 2.21 bits per heavy atom. The van der Waals surface area contributed by atoms with Crippen molar-refractivity contribution in [1.82, 2.24) is 15.0 Å². The van der Waals surface area contributed by atoms with E-state index in [-0.39, 0.29) is 5.92 Å². The number of aliphatic carboxylic acids is 1. The van der Waals surface area contributed by atoms with E-state index >= 15 is 0 Å². The molecule has 0 radical (unpaired) electrons. The molecule has 0 aliphatic heterocycles. The highest BCUT2D eigenvalue weighted by Crippen LogP contribution is 2.31. The molecule has 0 saturated heterocycles. The van der Waals surface area contributed by atoms with Gasteiger partial charge in [0.25, 0.3) is 0 Å². The summed E-state index contributed by atoms with van der Waals surface area (Å²) in [4.78, 5) is 23.8. The predicted octanol–water partition coefficient (Wildman–Crippen LogP) is 2.33. The highest BCUT2D eigenvalue weighted by molar-refractivity contribution is 8.00. The van der Waals surface area contributed by atoms with Crippen molar-refractivity contribution in [3.63, 3.8) is 0 Å². The van der Waals surface area contributed by atoms with Gasteiger partial charge in [-0.15, -0.1) is 11.3 Å². The number of anilines is 1. The van der Waals surface area contributed by atoms with Gasteiger partial charge in [0.2, 0.25) is 0 Å². The minimum Gasteiger partial charge on any atom is -0.480 e. The Morgan fingerprint density at radius 3 is 2.79 bits per heavy atom. The van der Waals surface area contributed by atoms with E-state index in [0.29, 0.717) is 11.5 Å². The van der Waals surface area contributed by atoms with Gasteiger partial charge in [-0.2, -0.15) is 0 Å². The molecule has 6 nitrogen and oxygen atoms in total. The van der Waals surface area contributed by atoms with Crippen LogP contribution < -0.4 is 5.32 Å². The molecule has 0 aromatic carbocycles. The first-order chi connectivity index (χ1) is 9.02. The third-order valence-corrected chi connectivity index (χ3v) is 4.61. The number of nitrogens with zero attached hydrogens (tertiary/aromatic N) is 3. The van der Waals surface area contributed by atoms with E-state index in [1.54, 1.807) is 0 Å². The Kier molecular flexibility index (Phi) is 4.20. The lowest BCUT2D eigenvalue weighted by molar-refractivity contribution is -0.138. The Hall–Kier alpha value is -1.41. The van der Waals surface area contributed by atoms with Crippen LogP contribution in [0.3, 0.4) is 0 Å². The number of carboxylic acid groups (broad SMARTS) is 1. The summed E-state index contributed by atoms with van der Waals surface area (Å²) in [6.45, 7) is 3.70. The molecule has 0 aliphatic rings. The van der Waals surface area contributed by atoms with Gasteiger partial charge >= 0.3 is 5.97 Å². The summed E-state index contributed by atoms with van der Waals surface area (Å²) in [5, 5.41) is 12.2. The summed E-state index contributed by atoms with van der Waals surface area (Å²) < 4.78 is 1.67. The minimum absolute atomic E-state index is 0.0459. The summed E-state index contributed by atoms with van der Waals surface area (Å²) in [5.74, 6) is -0.407. The van der Waals surface area contributed by atoms with Gasteiger partial charge in [0.15, 0.2) is 9.99 Å². The van der Waals surface area contributed by atoms with Crippen molar-refractivity contribution in [3.8, 4) is 0 Å². The average Bonchev–Trinajstić information content (AvgIpc) is 2.78.